The third-order valence-electron chi connectivity index (χ3n) is 3.61. The van der Waals surface area contributed by atoms with Gasteiger partial charge in [0.2, 0.25) is 0 Å². The topological polar surface area (TPSA) is 21.3 Å². The molecule has 2 aromatic carbocycles. The summed E-state index contributed by atoms with van der Waals surface area (Å²) in [5.41, 5.74) is 3.01. The van der Waals surface area contributed by atoms with Crippen LogP contribution in [-0.4, -0.2) is 6.61 Å². The van der Waals surface area contributed by atoms with Gasteiger partial charge in [0.15, 0.2) is 0 Å². The highest BCUT2D eigenvalue weighted by Gasteiger charge is 2.25. The number of rotatable bonds is 2. The van der Waals surface area contributed by atoms with Gasteiger partial charge in [-0.2, -0.15) is 0 Å². The monoisotopic (exact) mass is 341 g/mol. The van der Waals surface area contributed by atoms with Crippen LogP contribution in [0.3, 0.4) is 0 Å². The lowest BCUT2D eigenvalue weighted by molar-refractivity contribution is 0.274. The zero-order chi connectivity index (χ0) is 15.0. The van der Waals surface area contributed by atoms with Crippen LogP contribution in [0, 0.1) is 6.92 Å². The minimum Gasteiger partial charge on any atom is -0.492 e. The van der Waals surface area contributed by atoms with Gasteiger partial charge in [0.05, 0.1) is 28.4 Å². The molecule has 0 saturated heterocycles. The van der Waals surface area contributed by atoms with Gasteiger partial charge in [0.25, 0.3) is 0 Å². The molecule has 1 unspecified atom stereocenters. The van der Waals surface area contributed by atoms with Gasteiger partial charge in [-0.05, 0) is 30.7 Å². The molecule has 0 bridgehead atoms. The molecule has 0 fully saturated rings. The third kappa shape index (κ3) is 2.94. The molecule has 1 heterocycles. The van der Waals surface area contributed by atoms with Crippen LogP contribution < -0.4 is 10.1 Å². The van der Waals surface area contributed by atoms with Gasteiger partial charge < -0.3 is 10.1 Å². The molecule has 0 aromatic heterocycles. The number of benzene rings is 2. The molecule has 0 saturated carbocycles. The molecule has 1 aliphatic rings. The number of hydrogen-bond acceptors (Lipinski definition) is 2. The SMILES string of the molecule is Cc1cccc(Cl)c1NC1CCOc2c(Cl)cc(Cl)cc21. The van der Waals surface area contributed by atoms with Crippen LogP contribution in [0.25, 0.3) is 0 Å². The van der Waals surface area contributed by atoms with Crippen LogP contribution in [0.1, 0.15) is 23.6 Å². The molecule has 1 atom stereocenters. The smallest absolute Gasteiger partial charge is 0.143 e. The average Bonchev–Trinajstić information content (AvgIpc) is 2.43. The van der Waals surface area contributed by atoms with Crippen molar-refractivity contribution < 1.29 is 4.74 Å². The highest BCUT2D eigenvalue weighted by Crippen LogP contribution is 2.42. The fourth-order valence-electron chi connectivity index (χ4n) is 2.56. The second kappa shape index (κ2) is 5.96. The van der Waals surface area contributed by atoms with Gasteiger partial charge in [0.1, 0.15) is 5.75 Å². The summed E-state index contributed by atoms with van der Waals surface area (Å²) in [5.74, 6) is 0.703. The van der Waals surface area contributed by atoms with Crippen molar-refractivity contribution in [3.63, 3.8) is 0 Å². The molecule has 2 aromatic rings. The number of fused-ring (bicyclic) bond motifs is 1. The van der Waals surface area contributed by atoms with Crippen molar-refractivity contribution >= 4 is 40.5 Å². The molecule has 3 rings (SSSR count). The van der Waals surface area contributed by atoms with Crippen molar-refractivity contribution in [2.75, 3.05) is 11.9 Å². The van der Waals surface area contributed by atoms with E-state index < -0.39 is 0 Å². The van der Waals surface area contributed by atoms with E-state index in [0.29, 0.717) is 27.4 Å². The predicted molar refractivity (Wildman–Crippen MR) is 89.1 cm³/mol. The first-order valence-electron chi connectivity index (χ1n) is 6.69. The van der Waals surface area contributed by atoms with Gasteiger partial charge in [-0.25, -0.2) is 0 Å². The summed E-state index contributed by atoms with van der Waals surface area (Å²) >= 11 is 18.6. The molecule has 1 N–H and O–H groups in total. The molecule has 110 valence electrons. The Bertz CT molecular complexity index is 667. The first-order chi connectivity index (χ1) is 10.1. The Balaban J connectivity index is 1.99. The minimum absolute atomic E-state index is 0.0727. The van der Waals surface area contributed by atoms with Crippen LogP contribution in [-0.2, 0) is 0 Å². The summed E-state index contributed by atoms with van der Waals surface area (Å²) in [6.45, 7) is 2.63. The second-order valence-corrected chi connectivity index (χ2v) is 6.32. The summed E-state index contributed by atoms with van der Waals surface area (Å²) < 4.78 is 5.67. The van der Waals surface area contributed by atoms with E-state index in [1.54, 1.807) is 6.07 Å². The molecular formula is C16H14Cl3NO. The van der Waals surface area contributed by atoms with Crippen LogP contribution in [0.2, 0.25) is 15.1 Å². The number of ether oxygens (including phenoxy) is 1. The quantitative estimate of drug-likeness (QED) is 0.734. The first-order valence-corrected chi connectivity index (χ1v) is 7.83. The third-order valence-corrected chi connectivity index (χ3v) is 4.42. The highest BCUT2D eigenvalue weighted by molar-refractivity contribution is 6.35. The maximum Gasteiger partial charge on any atom is 0.143 e. The van der Waals surface area contributed by atoms with E-state index >= 15 is 0 Å². The number of anilines is 1. The van der Waals surface area contributed by atoms with E-state index in [-0.39, 0.29) is 6.04 Å². The maximum absolute atomic E-state index is 6.29. The zero-order valence-electron chi connectivity index (χ0n) is 11.4. The van der Waals surface area contributed by atoms with Crippen molar-refractivity contribution in [2.45, 2.75) is 19.4 Å². The fourth-order valence-corrected chi connectivity index (χ4v) is 3.40. The van der Waals surface area contributed by atoms with Gasteiger partial charge in [0, 0.05) is 17.0 Å². The van der Waals surface area contributed by atoms with E-state index in [0.717, 1.165) is 23.2 Å². The van der Waals surface area contributed by atoms with Crippen LogP contribution in [0.5, 0.6) is 5.75 Å². The van der Waals surface area contributed by atoms with Crippen LogP contribution in [0.15, 0.2) is 30.3 Å². The highest BCUT2D eigenvalue weighted by atomic mass is 35.5. The zero-order valence-corrected chi connectivity index (χ0v) is 13.7. The van der Waals surface area contributed by atoms with Gasteiger partial charge in [-0.15, -0.1) is 0 Å². The number of halogens is 3. The lowest BCUT2D eigenvalue weighted by Gasteiger charge is -2.29. The van der Waals surface area contributed by atoms with E-state index in [2.05, 4.69) is 5.32 Å². The largest absolute Gasteiger partial charge is 0.492 e. The second-order valence-electron chi connectivity index (χ2n) is 5.07. The van der Waals surface area contributed by atoms with Gasteiger partial charge >= 0.3 is 0 Å². The van der Waals surface area contributed by atoms with Crippen molar-refractivity contribution in [3.05, 3.63) is 56.5 Å². The molecule has 2 nitrogen and oxygen atoms in total. The Hall–Kier alpha value is -1.09. The molecule has 0 aliphatic carbocycles. The lowest BCUT2D eigenvalue weighted by Crippen LogP contribution is -2.21. The van der Waals surface area contributed by atoms with E-state index in [1.165, 1.54) is 0 Å². The van der Waals surface area contributed by atoms with Crippen molar-refractivity contribution in [1.29, 1.82) is 0 Å². The summed E-state index contributed by atoms with van der Waals surface area (Å²) in [7, 11) is 0. The molecule has 0 spiro atoms. The predicted octanol–water partition coefficient (Wildman–Crippen LogP) is 5.89. The Morgan fingerprint density at radius 1 is 1.14 bits per heavy atom. The number of para-hydroxylation sites is 1. The lowest BCUT2D eigenvalue weighted by atomic mass is 9.99. The molecule has 0 amide bonds. The summed E-state index contributed by atoms with van der Waals surface area (Å²) in [4.78, 5) is 0. The average molecular weight is 343 g/mol. The summed E-state index contributed by atoms with van der Waals surface area (Å²) in [5, 5.41) is 5.35. The Kier molecular flexibility index (Phi) is 4.21. The Morgan fingerprint density at radius 3 is 2.71 bits per heavy atom. The maximum atomic E-state index is 6.29. The first kappa shape index (κ1) is 14.8. The van der Waals surface area contributed by atoms with E-state index in [4.69, 9.17) is 39.5 Å². The van der Waals surface area contributed by atoms with Crippen LogP contribution >= 0.6 is 34.8 Å². The molecular weight excluding hydrogens is 329 g/mol. The summed E-state index contributed by atoms with van der Waals surface area (Å²) in [6.07, 6.45) is 0.828. The standard InChI is InChI=1S/C16H14Cl3NO/c1-9-3-2-4-12(18)15(9)20-14-5-6-21-16-11(14)7-10(17)8-13(16)19/h2-4,7-8,14,20H,5-6H2,1H3. The molecule has 5 heteroatoms. The van der Waals surface area contributed by atoms with E-state index in [9.17, 15) is 0 Å². The number of nitrogens with one attached hydrogen (secondary N) is 1. The fraction of sp³-hybridized carbons (Fsp3) is 0.250. The normalized spacial score (nSPS) is 17.0. The Labute approximate surface area is 139 Å². The summed E-state index contributed by atoms with van der Waals surface area (Å²) in [6, 6.07) is 9.51. The van der Waals surface area contributed by atoms with Crippen molar-refractivity contribution in [1.82, 2.24) is 0 Å². The van der Waals surface area contributed by atoms with Gasteiger partial charge in [-0.3, -0.25) is 0 Å². The molecule has 1 aliphatic heterocycles. The molecule has 21 heavy (non-hydrogen) atoms. The number of hydrogen-bond donors (Lipinski definition) is 1. The van der Waals surface area contributed by atoms with Crippen molar-refractivity contribution in [2.24, 2.45) is 0 Å². The Morgan fingerprint density at radius 2 is 1.95 bits per heavy atom. The number of aryl methyl sites for hydroxylation is 1. The minimum atomic E-state index is 0.0727. The van der Waals surface area contributed by atoms with Crippen molar-refractivity contribution in [3.8, 4) is 5.75 Å². The van der Waals surface area contributed by atoms with E-state index in [1.807, 2.05) is 31.2 Å². The van der Waals surface area contributed by atoms with Gasteiger partial charge in [-0.1, -0.05) is 46.9 Å². The van der Waals surface area contributed by atoms with Crippen LogP contribution in [0.4, 0.5) is 5.69 Å². The molecule has 0 radical (unpaired) electrons.